The Morgan fingerprint density at radius 3 is 2.84 bits per heavy atom. The molecule has 0 spiro atoms. The van der Waals surface area contributed by atoms with E-state index in [-0.39, 0.29) is 0 Å². The molecule has 0 bridgehead atoms. The lowest BCUT2D eigenvalue weighted by molar-refractivity contribution is 0.190. The van der Waals surface area contributed by atoms with E-state index >= 15 is 0 Å². The van der Waals surface area contributed by atoms with Crippen molar-refractivity contribution in [2.75, 3.05) is 20.1 Å². The molecule has 1 saturated heterocycles. The number of benzene rings is 1. The Morgan fingerprint density at radius 2 is 2.05 bits per heavy atom. The molecular weight excluding hydrogens is 236 g/mol. The van der Waals surface area contributed by atoms with Gasteiger partial charge >= 0.3 is 0 Å². The molecule has 0 unspecified atom stereocenters. The third-order valence-electron chi connectivity index (χ3n) is 4.17. The highest BCUT2D eigenvalue weighted by atomic mass is 15.3. The van der Waals surface area contributed by atoms with Crippen molar-refractivity contribution in [3.8, 4) is 0 Å². The molecule has 1 N–H and O–H groups in total. The molecule has 0 atom stereocenters. The van der Waals surface area contributed by atoms with Gasteiger partial charge in [0.2, 0.25) is 0 Å². The van der Waals surface area contributed by atoms with Gasteiger partial charge in [0.1, 0.15) is 0 Å². The Bertz CT molecular complexity index is 554. The van der Waals surface area contributed by atoms with Crippen LogP contribution in [0.25, 0.3) is 10.9 Å². The molecule has 102 valence electrons. The summed E-state index contributed by atoms with van der Waals surface area (Å²) in [4.78, 5) is 2.45. The average Bonchev–Trinajstić information content (AvgIpc) is 2.77. The Morgan fingerprint density at radius 1 is 1.32 bits per heavy atom. The first kappa shape index (κ1) is 12.6. The fraction of sp³-hybridized carbons (Fsp3) is 0.533. The van der Waals surface area contributed by atoms with E-state index in [2.05, 4.69) is 46.6 Å². The van der Waals surface area contributed by atoms with Crippen molar-refractivity contribution >= 4 is 10.9 Å². The smallest absolute Gasteiger partial charge is 0.0843 e. The van der Waals surface area contributed by atoms with Crippen LogP contribution in [0.1, 0.15) is 18.5 Å². The van der Waals surface area contributed by atoms with E-state index in [1.54, 1.807) is 0 Å². The molecule has 4 heteroatoms. The van der Waals surface area contributed by atoms with Gasteiger partial charge in [0.05, 0.1) is 11.2 Å². The van der Waals surface area contributed by atoms with Crippen LogP contribution in [0.2, 0.25) is 0 Å². The summed E-state index contributed by atoms with van der Waals surface area (Å²) in [6.45, 7) is 3.21. The lowest BCUT2D eigenvalue weighted by Crippen LogP contribution is -2.40. The van der Waals surface area contributed by atoms with Gasteiger partial charge in [-0.25, -0.2) is 0 Å². The summed E-state index contributed by atoms with van der Waals surface area (Å²) in [6.07, 6.45) is 2.47. The van der Waals surface area contributed by atoms with Crippen LogP contribution in [0.5, 0.6) is 0 Å². The number of fused-ring (bicyclic) bond motifs is 1. The largest absolute Gasteiger partial charge is 0.317 e. The Labute approximate surface area is 114 Å². The molecule has 4 nitrogen and oxygen atoms in total. The highest BCUT2D eigenvalue weighted by Crippen LogP contribution is 2.20. The van der Waals surface area contributed by atoms with Crippen molar-refractivity contribution in [3.63, 3.8) is 0 Å². The van der Waals surface area contributed by atoms with Gasteiger partial charge in [-0.1, -0.05) is 18.2 Å². The minimum Gasteiger partial charge on any atom is -0.317 e. The highest BCUT2D eigenvalue weighted by Gasteiger charge is 2.19. The Hall–Kier alpha value is -1.39. The van der Waals surface area contributed by atoms with E-state index in [0.29, 0.717) is 6.04 Å². The maximum atomic E-state index is 4.68. The summed E-state index contributed by atoms with van der Waals surface area (Å²) >= 11 is 0. The van der Waals surface area contributed by atoms with Crippen molar-refractivity contribution in [2.45, 2.75) is 25.4 Å². The second-order valence-electron chi connectivity index (χ2n) is 5.48. The normalized spacial score (nSPS) is 17.4. The first-order valence-corrected chi connectivity index (χ1v) is 7.07. The summed E-state index contributed by atoms with van der Waals surface area (Å²) < 4.78 is 1.99. The van der Waals surface area contributed by atoms with Crippen LogP contribution in [-0.4, -0.2) is 40.9 Å². The molecule has 1 aromatic heterocycles. The number of aromatic nitrogens is 2. The standard InChI is InChI=1S/C15H22N4/c1-18(12-7-9-16-10-8-12)11-14-13-5-3-4-6-15(13)19(2)17-14/h3-6,12,16H,7-11H2,1-2H3. The Kier molecular flexibility index (Phi) is 3.53. The van der Waals surface area contributed by atoms with Crippen LogP contribution >= 0.6 is 0 Å². The predicted octanol–water partition coefficient (Wildman–Crippen LogP) is 1.76. The second-order valence-corrected chi connectivity index (χ2v) is 5.48. The third-order valence-corrected chi connectivity index (χ3v) is 4.17. The van der Waals surface area contributed by atoms with Gasteiger partial charge in [0.15, 0.2) is 0 Å². The summed E-state index contributed by atoms with van der Waals surface area (Å²) in [5.41, 5.74) is 2.41. The topological polar surface area (TPSA) is 33.1 Å². The number of piperidine rings is 1. The number of nitrogens with zero attached hydrogens (tertiary/aromatic N) is 3. The van der Waals surface area contributed by atoms with E-state index in [1.807, 2.05) is 11.7 Å². The third kappa shape index (κ3) is 2.51. The summed E-state index contributed by atoms with van der Waals surface area (Å²) in [7, 11) is 4.25. The van der Waals surface area contributed by atoms with Crippen molar-refractivity contribution in [3.05, 3.63) is 30.0 Å². The molecule has 0 aliphatic carbocycles. The van der Waals surface area contributed by atoms with E-state index in [9.17, 15) is 0 Å². The molecule has 1 aliphatic heterocycles. The van der Waals surface area contributed by atoms with Gasteiger partial charge in [-0.3, -0.25) is 9.58 Å². The van der Waals surface area contributed by atoms with Crippen LogP contribution in [0.4, 0.5) is 0 Å². The molecule has 3 rings (SSSR count). The zero-order valence-corrected chi connectivity index (χ0v) is 11.8. The summed E-state index contributed by atoms with van der Waals surface area (Å²) in [5.74, 6) is 0. The molecule has 1 aliphatic rings. The number of hydrogen-bond acceptors (Lipinski definition) is 3. The first-order chi connectivity index (χ1) is 9.25. The maximum Gasteiger partial charge on any atom is 0.0843 e. The minimum atomic E-state index is 0.682. The highest BCUT2D eigenvalue weighted by molar-refractivity contribution is 5.81. The average molecular weight is 258 g/mol. The fourth-order valence-electron chi connectivity index (χ4n) is 3.02. The molecule has 0 saturated carbocycles. The molecule has 19 heavy (non-hydrogen) atoms. The second kappa shape index (κ2) is 5.31. The van der Waals surface area contributed by atoms with Crippen molar-refractivity contribution in [1.82, 2.24) is 20.0 Å². The molecular formula is C15H22N4. The number of para-hydroxylation sites is 1. The Balaban J connectivity index is 1.81. The van der Waals surface area contributed by atoms with Crippen LogP contribution in [-0.2, 0) is 13.6 Å². The number of aryl methyl sites for hydroxylation is 1. The van der Waals surface area contributed by atoms with Gasteiger partial charge in [-0.15, -0.1) is 0 Å². The quantitative estimate of drug-likeness (QED) is 0.910. The molecule has 1 aromatic carbocycles. The lowest BCUT2D eigenvalue weighted by Gasteiger charge is -2.31. The van der Waals surface area contributed by atoms with Gasteiger partial charge in [0, 0.05) is 25.0 Å². The van der Waals surface area contributed by atoms with Gasteiger partial charge in [-0.05, 0) is 39.0 Å². The van der Waals surface area contributed by atoms with Crippen LogP contribution in [0.3, 0.4) is 0 Å². The fourth-order valence-corrected chi connectivity index (χ4v) is 3.02. The molecule has 2 aromatic rings. The van der Waals surface area contributed by atoms with Crippen LogP contribution < -0.4 is 5.32 Å². The number of hydrogen-bond donors (Lipinski definition) is 1. The maximum absolute atomic E-state index is 4.68. The minimum absolute atomic E-state index is 0.682. The van der Waals surface area contributed by atoms with E-state index in [1.165, 1.54) is 29.4 Å². The van der Waals surface area contributed by atoms with E-state index in [4.69, 9.17) is 0 Å². The van der Waals surface area contributed by atoms with Gasteiger partial charge in [0.25, 0.3) is 0 Å². The van der Waals surface area contributed by atoms with E-state index < -0.39 is 0 Å². The van der Waals surface area contributed by atoms with Crippen molar-refractivity contribution in [1.29, 1.82) is 0 Å². The summed E-state index contributed by atoms with van der Waals surface area (Å²) in [6, 6.07) is 9.16. The first-order valence-electron chi connectivity index (χ1n) is 7.07. The van der Waals surface area contributed by atoms with Crippen LogP contribution in [0.15, 0.2) is 24.3 Å². The number of nitrogens with one attached hydrogen (secondary N) is 1. The van der Waals surface area contributed by atoms with Crippen molar-refractivity contribution in [2.24, 2.45) is 7.05 Å². The monoisotopic (exact) mass is 258 g/mol. The summed E-state index contributed by atoms with van der Waals surface area (Å²) in [5, 5.41) is 9.39. The molecule has 0 radical (unpaired) electrons. The van der Waals surface area contributed by atoms with Crippen LogP contribution in [0, 0.1) is 0 Å². The SMILES string of the molecule is CN(Cc1nn(C)c2ccccc12)C1CCNCC1. The zero-order chi connectivity index (χ0) is 13.2. The lowest BCUT2D eigenvalue weighted by atomic mass is 10.0. The molecule has 2 heterocycles. The predicted molar refractivity (Wildman–Crippen MR) is 78.1 cm³/mol. The van der Waals surface area contributed by atoms with Gasteiger partial charge in [-0.2, -0.15) is 5.10 Å². The van der Waals surface area contributed by atoms with Gasteiger partial charge < -0.3 is 5.32 Å². The van der Waals surface area contributed by atoms with Crippen molar-refractivity contribution < 1.29 is 0 Å². The van der Waals surface area contributed by atoms with E-state index in [0.717, 1.165) is 19.6 Å². The molecule has 1 fully saturated rings. The number of rotatable bonds is 3. The molecule has 0 amide bonds. The zero-order valence-electron chi connectivity index (χ0n) is 11.8.